The van der Waals surface area contributed by atoms with Gasteiger partial charge >= 0.3 is 5.97 Å². The number of rotatable bonds is 7. The summed E-state index contributed by atoms with van der Waals surface area (Å²) in [5.74, 6) is -0.319. The lowest BCUT2D eigenvalue weighted by atomic mass is 9.69. The first kappa shape index (κ1) is 27.7. The zero-order valence-electron chi connectivity index (χ0n) is 23.6. The molecule has 0 aromatic heterocycles. The van der Waals surface area contributed by atoms with Gasteiger partial charge in [-0.3, -0.25) is 14.6 Å². The number of phenols is 1. The van der Waals surface area contributed by atoms with Crippen LogP contribution in [-0.2, 0) is 14.3 Å². The summed E-state index contributed by atoms with van der Waals surface area (Å²) in [6, 6.07) is 10.7. The maximum Gasteiger partial charge on any atom is 0.315 e. The van der Waals surface area contributed by atoms with Crippen LogP contribution < -0.4 is 14.2 Å². The monoisotopic (exact) mass is 547 g/mol. The second kappa shape index (κ2) is 11.7. The summed E-state index contributed by atoms with van der Waals surface area (Å²) < 4.78 is 22.3. The smallest absolute Gasteiger partial charge is 0.315 e. The van der Waals surface area contributed by atoms with Gasteiger partial charge in [-0.05, 0) is 80.3 Å². The summed E-state index contributed by atoms with van der Waals surface area (Å²) >= 11 is 0. The third kappa shape index (κ3) is 5.31. The van der Waals surface area contributed by atoms with Crippen LogP contribution in [0.3, 0.4) is 0 Å². The zero-order chi connectivity index (χ0) is 28.4. The highest BCUT2D eigenvalue weighted by atomic mass is 16.5. The average Bonchev–Trinajstić information content (AvgIpc) is 2.96. The van der Waals surface area contributed by atoms with Crippen molar-refractivity contribution in [2.75, 3.05) is 21.3 Å². The van der Waals surface area contributed by atoms with E-state index in [1.54, 1.807) is 32.4 Å². The number of aromatic hydroxyl groups is 1. The molecule has 1 fully saturated rings. The molecule has 3 aliphatic rings. The lowest BCUT2D eigenvalue weighted by Gasteiger charge is -2.37. The summed E-state index contributed by atoms with van der Waals surface area (Å²) in [7, 11) is 4.66. The summed E-state index contributed by atoms with van der Waals surface area (Å²) in [6.07, 6.45) is 5.65. The van der Waals surface area contributed by atoms with Crippen LogP contribution in [0.4, 0.5) is 0 Å². The molecule has 0 amide bonds. The molecular formula is C32H37NO7. The maximum absolute atomic E-state index is 13.9. The molecule has 0 saturated heterocycles. The third-order valence-corrected chi connectivity index (χ3v) is 8.42. The standard InChI is InChI=1S/C32H37NO7/c1-18-29(32(36)40-22-8-6-5-7-9-22)30(20-10-12-24(34)27(17-20)38-3)31-23(33-18)14-21(15-25(31)35)19-11-13-26(37-2)28(16-19)39-4/h10-13,16-17,21-22,29-30,34H,5-9,14-15H2,1-4H3/t21-,29?,30-/m0/s1. The number of carbonyl (C=O) groups excluding carboxylic acids is 2. The normalized spacial score (nSPS) is 23.2. The predicted octanol–water partition coefficient (Wildman–Crippen LogP) is 5.87. The molecule has 1 heterocycles. The Morgan fingerprint density at radius 2 is 1.55 bits per heavy atom. The highest BCUT2D eigenvalue weighted by molar-refractivity contribution is 6.09. The van der Waals surface area contributed by atoms with Gasteiger partial charge in [0.15, 0.2) is 28.8 Å². The SMILES string of the molecule is COc1cc([C@@H]2C3=C(C[C@H](c4ccc(OC)c(OC)c4)CC3=O)N=C(C)C2C(=O)OC2CCCCC2)ccc1O. The fraction of sp³-hybridized carbons (Fsp3) is 0.469. The lowest BCUT2D eigenvalue weighted by molar-refractivity contribution is -0.153. The first-order valence-electron chi connectivity index (χ1n) is 13.9. The number of nitrogens with zero attached hydrogens (tertiary/aromatic N) is 1. The number of Topliss-reactive ketones (excluding diaryl/α,β-unsaturated/α-hetero) is 1. The molecule has 0 bridgehead atoms. The van der Waals surface area contributed by atoms with Crippen molar-refractivity contribution in [2.45, 2.75) is 69.8 Å². The number of hydrogen-bond donors (Lipinski definition) is 1. The van der Waals surface area contributed by atoms with Gasteiger partial charge in [0, 0.05) is 29.3 Å². The molecule has 40 heavy (non-hydrogen) atoms. The van der Waals surface area contributed by atoms with Gasteiger partial charge in [-0.2, -0.15) is 0 Å². The number of benzene rings is 2. The minimum atomic E-state index is -0.739. The van der Waals surface area contributed by atoms with Gasteiger partial charge in [-0.25, -0.2) is 0 Å². The summed E-state index contributed by atoms with van der Waals surface area (Å²) in [6.45, 7) is 1.84. The molecule has 1 aliphatic heterocycles. The number of esters is 1. The van der Waals surface area contributed by atoms with Crippen LogP contribution in [0.15, 0.2) is 52.7 Å². The van der Waals surface area contributed by atoms with Crippen molar-refractivity contribution in [3.63, 3.8) is 0 Å². The van der Waals surface area contributed by atoms with Gasteiger partial charge in [-0.1, -0.05) is 18.6 Å². The zero-order valence-corrected chi connectivity index (χ0v) is 23.6. The molecule has 3 atom stereocenters. The number of ether oxygens (including phenoxy) is 4. The largest absolute Gasteiger partial charge is 0.504 e. The molecule has 0 spiro atoms. The van der Waals surface area contributed by atoms with E-state index in [1.165, 1.54) is 7.11 Å². The minimum absolute atomic E-state index is 0.00790. The number of carbonyl (C=O) groups is 2. The topological polar surface area (TPSA) is 104 Å². The number of ketones is 1. The van der Waals surface area contributed by atoms with E-state index in [0.717, 1.165) is 37.7 Å². The number of methoxy groups -OCH3 is 3. The Hall–Kier alpha value is -3.81. The molecule has 1 N–H and O–H groups in total. The van der Waals surface area contributed by atoms with E-state index < -0.39 is 11.8 Å². The van der Waals surface area contributed by atoms with Gasteiger partial charge in [0.2, 0.25) is 0 Å². The van der Waals surface area contributed by atoms with Crippen LogP contribution in [0, 0.1) is 5.92 Å². The summed E-state index contributed by atoms with van der Waals surface area (Å²) in [5.41, 5.74) is 3.53. The molecule has 0 radical (unpaired) electrons. The molecule has 8 nitrogen and oxygen atoms in total. The second-order valence-electron chi connectivity index (χ2n) is 10.8. The molecule has 1 unspecified atom stereocenters. The van der Waals surface area contributed by atoms with Crippen LogP contribution in [0.1, 0.15) is 74.8 Å². The van der Waals surface area contributed by atoms with E-state index in [2.05, 4.69) is 0 Å². The first-order valence-corrected chi connectivity index (χ1v) is 13.9. The van der Waals surface area contributed by atoms with E-state index in [-0.39, 0.29) is 41.7 Å². The van der Waals surface area contributed by atoms with Crippen molar-refractivity contribution >= 4 is 17.5 Å². The number of aliphatic imine (C=N–C) groups is 1. The Bertz CT molecular complexity index is 1360. The molecule has 1 saturated carbocycles. The number of allylic oxidation sites excluding steroid dienone is 2. The lowest BCUT2D eigenvalue weighted by Crippen LogP contribution is -2.39. The van der Waals surface area contributed by atoms with Gasteiger partial charge in [0.25, 0.3) is 0 Å². The molecule has 2 aliphatic carbocycles. The first-order chi connectivity index (χ1) is 19.3. The van der Waals surface area contributed by atoms with E-state index in [0.29, 0.717) is 40.5 Å². The molecular weight excluding hydrogens is 510 g/mol. The maximum atomic E-state index is 13.9. The van der Waals surface area contributed by atoms with Crippen LogP contribution in [0.25, 0.3) is 0 Å². The van der Waals surface area contributed by atoms with Crippen molar-refractivity contribution in [3.8, 4) is 23.0 Å². The van der Waals surface area contributed by atoms with Gasteiger partial charge in [-0.15, -0.1) is 0 Å². The summed E-state index contributed by atoms with van der Waals surface area (Å²) in [4.78, 5) is 32.6. The van der Waals surface area contributed by atoms with E-state index in [9.17, 15) is 14.7 Å². The Morgan fingerprint density at radius 1 is 0.875 bits per heavy atom. The minimum Gasteiger partial charge on any atom is -0.504 e. The number of phenolic OH excluding ortho intramolecular Hbond substituents is 1. The third-order valence-electron chi connectivity index (χ3n) is 8.42. The number of hydrogen-bond acceptors (Lipinski definition) is 8. The fourth-order valence-electron chi connectivity index (χ4n) is 6.38. The van der Waals surface area contributed by atoms with Crippen LogP contribution >= 0.6 is 0 Å². The van der Waals surface area contributed by atoms with Crippen molar-refractivity contribution < 1.29 is 33.6 Å². The summed E-state index contributed by atoms with van der Waals surface area (Å²) in [5, 5.41) is 10.3. The van der Waals surface area contributed by atoms with Gasteiger partial charge in [0.05, 0.1) is 21.3 Å². The van der Waals surface area contributed by atoms with E-state index in [1.807, 2.05) is 25.1 Å². The average molecular weight is 548 g/mol. The van der Waals surface area contributed by atoms with Crippen LogP contribution in [-0.4, -0.2) is 50.0 Å². The predicted molar refractivity (Wildman–Crippen MR) is 151 cm³/mol. The van der Waals surface area contributed by atoms with Crippen molar-refractivity contribution in [1.29, 1.82) is 0 Å². The van der Waals surface area contributed by atoms with Gasteiger partial charge in [0.1, 0.15) is 12.0 Å². The Balaban J connectivity index is 1.54. The highest BCUT2D eigenvalue weighted by Gasteiger charge is 2.45. The molecule has 8 heteroatoms. The Morgan fingerprint density at radius 3 is 2.25 bits per heavy atom. The second-order valence-corrected chi connectivity index (χ2v) is 10.8. The molecule has 2 aromatic rings. The Labute approximate surface area is 235 Å². The van der Waals surface area contributed by atoms with Gasteiger partial charge < -0.3 is 24.1 Å². The van der Waals surface area contributed by atoms with E-state index >= 15 is 0 Å². The van der Waals surface area contributed by atoms with E-state index in [4.69, 9.17) is 23.9 Å². The Kier molecular flexibility index (Phi) is 8.14. The van der Waals surface area contributed by atoms with Crippen molar-refractivity contribution in [3.05, 3.63) is 58.8 Å². The molecule has 2 aromatic carbocycles. The highest BCUT2D eigenvalue weighted by Crippen LogP contribution is 2.48. The van der Waals surface area contributed by atoms with Crippen molar-refractivity contribution in [1.82, 2.24) is 0 Å². The van der Waals surface area contributed by atoms with Crippen LogP contribution in [0.2, 0.25) is 0 Å². The fourth-order valence-corrected chi connectivity index (χ4v) is 6.38. The van der Waals surface area contributed by atoms with Crippen LogP contribution in [0.5, 0.6) is 23.0 Å². The molecule has 5 rings (SSSR count). The quantitative estimate of drug-likeness (QED) is 0.433. The van der Waals surface area contributed by atoms with Crippen molar-refractivity contribution in [2.24, 2.45) is 10.9 Å². The molecule has 212 valence electrons.